The lowest BCUT2D eigenvalue weighted by Crippen LogP contribution is -2.01. The molecule has 0 saturated heterocycles. The van der Waals surface area contributed by atoms with Crippen molar-refractivity contribution in [3.63, 3.8) is 0 Å². The second-order valence-electron chi connectivity index (χ2n) is 4.13. The number of ether oxygens (including phenoxy) is 3. The molecule has 0 amide bonds. The zero-order valence-electron chi connectivity index (χ0n) is 12.7. The number of anilines is 1. The smallest absolute Gasteiger partial charge is 0.335 e. The summed E-state index contributed by atoms with van der Waals surface area (Å²) in [6.45, 7) is 0. The summed E-state index contributed by atoms with van der Waals surface area (Å²) in [5.74, 6) is -0.0113. The van der Waals surface area contributed by atoms with Crippen LogP contribution in [0.3, 0.4) is 0 Å². The number of aromatic carboxylic acids is 1. The van der Waals surface area contributed by atoms with Crippen molar-refractivity contribution in [1.29, 1.82) is 0 Å². The molecule has 0 aliphatic rings. The number of para-hydroxylation sites is 1. The summed E-state index contributed by atoms with van der Waals surface area (Å²) in [6.07, 6.45) is 0. The molecule has 0 fully saturated rings. The van der Waals surface area contributed by atoms with Crippen LogP contribution in [0.4, 0.5) is 5.69 Å². The molecule has 0 heterocycles. The van der Waals surface area contributed by atoms with E-state index in [4.69, 9.17) is 25.1 Å². The Bertz CT molecular complexity index is 588. The molecule has 0 aliphatic carbocycles. The van der Waals surface area contributed by atoms with E-state index in [1.807, 2.05) is 30.3 Å². The van der Waals surface area contributed by atoms with Crippen LogP contribution in [0.2, 0.25) is 0 Å². The lowest BCUT2D eigenvalue weighted by atomic mass is 10.2. The highest BCUT2D eigenvalue weighted by atomic mass is 16.5. The summed E-state index contributed by atoms with van der Waals surface area (Å²) in [5, 5.41) is 8.84. The second kappa shape index (κ2) is 8.41. The molecule has 3 N–H and O–H groups in total. The van der Waals surface area contributed by atoms with Crippen LogP contribution in [0, 0.1) is 0 Å². The van der Waals surface area contributed by atoms with E-state index in [9.17, 15) is 4.79 Å². The number of nitrogens with two attached hydrogens (primary N) is 1. The minimum Gasteiger partial charge on any atom is -0.493 e. The monoisotopic (exact) mass is 305 g/mol. The molecule has 0 spiro atoms. The lowest BCUT2D eigenvalue weighted by molar-refractivity contribution is 0.0696. The summed E-state index contributed by atoms with van der Waals surface area (Å²) in [6, 6.07) is 12.2. The van der Waals surface area contributed by atoms with Crippen molar-refractivity contribution in [2.45, 2.75) is 0 Å². The summed E-state index contributed by atoms with van der Waals surface area (Å²) in [5.41, 5.74) is 6.27. The number of carboxylic acid groups (broad SMARTS) is 1. The van der Waals surface area contributed by atoms with Gasteiger partial charge in [0.15, 0.2) is 11.5 Å². The maximum absolute atomic E-state index is 10.8. The van der Waals surface area contributed by atoms with Crippen LogP contribution >= 0.6 is 0 Å². The standard InChI is InChI=1S/C10H12O5.C6H7N/c1-13-7-4-6(10(11)12)5-8(14-2)9(7)15-3;7-6-4-2-1-3-5-6/h4-5H,1-3H3,(H,11,12);1-5H,7H2. The molecule has 6 heteroatoms. The van der Waals surface area contributed by atoms with Crippen molar-refractivity contribution in [3.05, 3.63) is 48.0 Å². The first-order chi connectivity index (χ1) is 10.5. The predicted molar refractivity (Wildman–Crippen MR) is 83.9 cm³/mol. The maximum atomic E-state index is 10.8. The number of methoxy groups -OCH3 is 3. The number of rotatable bonds is 4. The van der Waals surface area contributed by atoms with Gasteiger partial charge >= 0.3 is 5.97 Å². The van der Waals surface area contributed by atoms with E-state index in [0.29, 0.717) is 17.2 Å². The van der Waals surface area contributed by atoms with E-state index in [-0.39, 0.29) is 5.56 Å². The first kappa shape index (κ1) is 17.2. The van der Waals surface area contributed by atoms with E-state index >= 15 is 0 Å². The molecule has 0 aliphatic heterocycles. The van der Waals surface area contributed by atoms with E-state index in [1.54, 1.807) is 0 Å². The molecule has 0 atom stereocenters. The van der Waals surface area contributed by atoms with Crippen LogP contribution < -0.4 is 19.9 Å². The minimum absolute atomic E-state index is 0.0875. The molecule has 22 heavy (non-hydrogen) atoms. The molecule has 2 rings (SSSR count). The lowest BCUT2D eigenvalue weighted by Gasteiger charge is -2.12. The first-order valence-corrected chi connectivity index (χ1v) is 6.37. The van der Waals surface area contributed by atoms with Gasteiger partial charge in [0.2, 0.25) is 5.75 Å². The fraction of sp³-hybridized carbons (Fsp3) is 0.188. The molecule has 0 aromatic heterocycles. The fourth-order valence-electron chi connectivity index (χ4n) is 1.66. The Morgan fingerprint density at radius 1 is 0.955 bits per heavy atom. The van der Waals surface area contributed by atoms with Crippen LogP contribution in [-0.2, 0) is 0 Å². The molecular weight excluding hydrogens is 286 g/mol. The minimum atomic E-state index is -1.05. The van der Waals surface area contributed by atoms with Gasteiger partial charge in [-0.25, -0.2) is 4.79 Å². The quantitative estimate of drug-likeness (QED) is 0.844. The highest BCUT2D eigenvalue weighted by molar-refractivity contribution is 5.89. The van der Waals surface area contributed by atoms with Gasteiger partial charge in [0.1, 0.15) is 0 Å². The van der Waals surface area contributed by atoms with Gasteiger partial charge in [-0.2, -0.15) is 0 Å². The van der Waals surface area contributed by atoms with Crippen molar-refractivity contribution < 1.29 is 24.1 Å². The van der Waals surface area contributed by atoms with Gasteiger partial charge in [-0.1, -0.05) is 18.2 Å². The van der Waals surface area contributed by atoms with Crippen molar-refractivity contribution in [2.75, 3.05) is 27.1 Å². The Morgan fingerprint density at radius 3 is 1.73 bits per heavy atom. The first-order valence-electron chi connectivity index (χ1n) is 6.37. The summed E-state index contributed by atoms with van der Waals surface area (Å²) >= 11 is 0. The molecule has 0 saturated carbocycles. The molecule has 2 aromatic rings. The van der Waals surface area contributed by atoms with Crippen molar-refractivity contribution in [3.8, 4) is 17.2 Å². The zero-order valence-corrected chi connectivity index (χ0v) is 12.7. The van der Waals surface area contributed by atoms with Crippen LogP contribution in [0.25, 0.3) is 0 Å². The average molecular weight is 305 g/mol. The molecular formula is C16H19NO5. The second-order valence-corrected chi connectivity index (χ2v) is 4.13. The van der Waals surface area contributed by atoms with Gasteiger partial charge in [-0.15, -0.1) is 0 Å². The van der Waals surface area contributed by atoms with E-state index < -0.39 is 5.97 Å². The van der Waals surface area contributed by atoms with Crippen LogP contribution in [0.5, 0.6) is 17.2 Å². The van der Waals surface area contributed by atoms with Gasteiger partial charge in [-0.3, -0.25) is 0 Å². The highest BCUT2D eigenvalue weighted by Crippen LogP contribution is 2.38. The van der Waals surface area contributed by atoms with E-state index in [0.717, 1.165) is 5.69 Å². The zero-order chi connectivity index (χ0) is 16.5. The Labute approximate surface area is 129 Å². The molecule has 2 aromatic carbocycles. The molecule has 0 bridgehead atoms. The van der Waals surface area contributed by atoms with Gasteiger partial charge in [0.05, 0.1) is 26.9 Å². The SMILES string of the molecule is COc1cc(C(=O)O)cc(OC)c1OC.Nc1ccccc1. The normalized spacial score (nSPS) is 9.23. The molecule has 0 radical (unpaired) electrons. The summed E-state index contributed by atoms with van der Waals surface area (Å²) in [7, 11) is 4.33. The van der Waals surface area contributed by atoms with Gasteiger partial charge in [0, 0.05) is 5.69 Å². The molecule has 6 nitrogen and oxygen atoms in total. The number of carbonyl (C=O) groups is 1. The topological polar surface area (TPSA) is 91.0 Å². The number of nitrogen functional groups attached to an aromatic ring is 1. The van der Waals surface area contributed by atoms with Crippen molar-refractivity contribution in [2.24, 2.45) is 0 Å². The number of hydrogen-bond acceptors (Lipinski definition) is 5. The fourth-order valence-corrected chi connectivity index (χ4v) is 1.66. The van der Waals surface area contributed by atoms with E-state index in [2.05, 4.69) is 0 Å². The molecule has 118 valence electrons. The number of hydrogen-bond donors (Lipinski definition) is 2. The van der Waals surface area contributed by atoms with Crippen LogP contribution in [0.1, 0.15) is 10.4 Å². The Hall–Kier alpha value is -2.89. The Kier molecular flexibility index (Phi) is 6.56. The van der Waals surface area contributed by atoms with Crippen LogP contribution in [-0.4, -0.2) is 32.4 Å². The molecule has 0 unspecified atom stereocenters. The summed E-state index contributed by atoms with van der Waals surface area (Å²) < 4.78 is 15.1. The van der Waals surface area contributed by atoms with Gasteiger partial charge in [0.25, 0.3) is 0 Å². The third-order valence-corrected chi connectivity index (χ3v) is 2.71. The maximum Gasteiger partial charge on any atom is 0.335 e. The van der Waals surface area contributed by atoms with E-state index in [1.165, 1.54) is 33.5 Å². The highest BCUT2D eigenvalue weighted by Gasteiger charge is 2.15. The number of carboxylic acids is 1. The average Bonchev–Trinajstić information content (AvgIpc) is 2.54. The largest absolute Gasteiger partial charge is 0.493 e. The Balaban J connectivity index is 0.000000287. The van der Waals surface area contributed by atoms with Gasteiger partial charge in [-0.05, 0) is 24.3 Å². The predicted octanol–water partition coefficient (Wildman–Crippen LogP) is 2.68. The van der Waals surface area contributed by atoms with Crippen molar-refractivity contribution >= 4 is 11.7 Å². The Morgan fingerprint density at radius 2 is 1.45 bits per heavy atom. The van der Waals surface area contributed by atoms with Gasteiger partial charge < -0.3 is 25.1 Å². The third-order valence-electron chi connectivity index (χ3n) is 2.71. The number of benzene rings is 2. The third kappa shape index (κ3) is 4.59. The van der Waals surface area contributed by atoms with Crippen molar-refractivity contribution in [1.82, 2.24) is 0 Å². The summed E-state index contributed by atoms with van der Waals surface area (Å²) in [4.78, 5) is 10.8. The van der Waals surface area contributed by atoms with Crippen LogP contribution in [0.15, 0.2) is 42.5 Å².